The summed E-state index contributed by atoms with van der Waals surface area (Å²) in [6.07, 6.45) is 8.27. The van der Waals surface area contributed by atoms with E-state index in [2.05, 4.69) is 0 Å². The molecular formula is C10H14O. The van der Waals surface area contributed by atoms with Crippen molar-refractivity contribution >= 4 is 6.29 Å². The van der Waals surface area contributed by atoms with Crippen molar-refractivity contribution in [3.63, 3.8) is 0 Å². The maximum atomic E-state index is 10.0. The number of hydrogen-bond donors (Lipinski definition) is 0. The molecule has 0 heterocycles. The Morgan fingerprint density at radius 3 is 2.91 bits per heavy atom. The first-order valence-electron chi connectivity index (χ1n) is 4.56. The van der Waals surface area contributed by atoms with Crippen LogP contribution in [0.2, 0.25) is 0 Å². The Morgan fingerprint density at radius 1 is 1.45 bits per heavy atom. The Morgan fingerprint density at radius 2 is 2.27 bits per heavy atom. The van der Waals surface area contributed by atoms with Crippen LogP contribution in [0.15, 0.2) is 11.1 Å². The van der Waals surface area contributed by atoms with Crippen molar-refractivity contribution in [2.45, 2.75) is 38.5 Å². The van der Waals surface area contributed by atoms with E-state index in [0.29, 0.717) is 0 Å². The number of allylic oxidation sites excluding steroid dienone is 2. The molecule has 0 saturated heterocycles. The molecule has 1 nitrogen and oxygen atoms in total. The maximum absolute atomic E-state index is 10.0. The molecule has 60 valence electrons. The minimum Gasteiger partial charge on any atom is -0.303 e. The van der Waals surface area contributed by atoms with Gasteiger partial charge in [-0.25, -0.2) is 0 Å². The molecule has 2 aliphatic rings. The molecule has 0 aromatic rings. The molecule has 0 aromatic carbocycles. The second kappa shape index (κ2) is 2.80. The highest BCUT2D eigenvalue weighted by atomic mass is 16.1. The number of carbonyl (C=O) groups is 1. The predicted molar refractivity (Wildman–Crippen MR) is 44.3 cm³/mol. The fourth-order valence-corrected chi connectivity index (χ4v) is 1.75. The summed E-state index contributed by atoms with van der Waals surface area (Å²) < 4.78 is 0. The molecule has 1 atom stereocenters. The average molecular weight is 150 g/mol. The fourth-order valence-electron chi connectivity index (χ4n) is 1.75. The number of aldehydes is 1. The largest absolute Gasteiger partial charge is 0.303 e. The SMILES string of the molecule is O=CCCCC1CC1=C1CC1. The predicted octanol–water partition coefficient (Wildman–Crippen LogP) is 2.47. The Kier molecular flexibility index (Phi) is 1.80. The zero-order valence-electron chi connectivity index (χ0n) is 6.81. The van der Waals surface area contributed by atoms with Crippen molar-refractivity contribution in [2.24, 2.45) is 5.92 Å². The van der Waals surface area contributed by atoms with Crippen molar-refractivity contribution < 1.29 is 4.79 Å². The van der Waals surface area contributed by atoms with E-state index < -0.39 is 0 Å². The first-order chi connectivity index (χ1) is 5.42. The molecule has 2 rings (SSSR count). The lowest BCUT2D eigenvalue weighted by molar-refractivity contribution is -0.107. The van der Waals surface area contributed by atoms with E-state index in [-0.39, 0.29) is 0 Å². The van der Waals surface area contributed by atoms with E-state index in [9.17, 15) is 4.79 Å². The van der Waals surface area contributed by atoms with Crippen LogP contribution in [-0.4, -0.2) is 6.29 Å². The van der Waals surface area contributed by atoms with Crippen LogP contribution in [0.3, 0.4) is 0 Å². The maximum Gasteiger partial charge on any atom is 0.119 e. The summed E-state index contributed by atoms with van der Waals surface area (Å²) in [5.74, 6) is 0.896. The monoisotopic (exact) mass is 150 g/mol. The van der Waals surface area contributed by atoms with Gasteiger partial charge < -0.3 is 4.79 Å². The van der Waals surface area contributed by atoms with Crippen LogP contribution in [0.4, 0.5) is 0 Å². The number of hydrogen-bond acceptors (Lipinski definition) is 1. The molecule has 0 spiro atoms. The molecule has 2 saturated carbocycles. The normalized spacial score (nSPS) is 27.1. The molecular weight excluding hydrogens is 136 g/mol. The molecule has 2 fully saturated rings. The summed E-state index contributed by atoms with van der Waals surface area (Å²) in [5, 5.41) is 0. The van der Waals surface area contributed by atoms with Crippen LogP contribution < -0.4 is 0 Å². The Labute approximate surface area is 67.5 Å². The van der Waals surface area contributed by atoms with Crippen molar-refractivity contribution in [3.8, 4) is 0 Å². The highest BCUT2D eigenvalue weighted by Gasteiger charge is 2.34. The fraction of sp³-hybridized carbons (Fsp3) is 0.700. The molecule has 0 aliphatic heterocycles. The van der Waals surface area contributed by atoms with E-state index in [1.165, 1.54) is 25.7 Å². The molecule has 0 bridgehead atoms. The van der Waals surface area contributed by atoms with Crippen molar-refractivity contribution in [3.05, 3.63) is 11.1 Å². The van der Waals surface area contributed by atoms with Crippen LogP contribution in [-0.2, 0) is 4.79 Å². The summed E-state index contributed by atoms with van der Waals surface area (Å²) in [6.45, 7) is 0. The minimum absolute atomic E-state index is 0.763. The van der Waals surface area contributed by atoms with Crippen molar-refractivity contribution in [1.82, 2.24) is 0 Å². The third-order valence-corrected chi connectivity index (χ3v) is 2.63. The second-order valence-corrected chi connectivity index (χ2v) is 3.63. The number of unbranched alkanes of at least 4 members (excludes halogenated alkanes) is 1. The quantitative estimate of drug-likeness (QED) is 0.342. The molecule has 0 radical (unpaired) electrons. The van der Waals surface area contributed by atoms with Crippen LogP contribution in [0.5, 0.6) is 0 Å². The van der Waals surface area contributed by atoms with Crippen molar-refractivity contribution in [2.75, 3.05) is 0 Å². The van der Waals surface area contributed by atoms with Gasteiger partial charge in [0.15, 0.2) is 0 Å². The average Bonchev–Trinajstić information content (AvgIpc) is 2.83. The van der Waals surface area contributed by atoms with Crippen molar-refractivity contribution in [1.29, 1.82) is 0 Å². The summed E-state index contributed by atoms with van der Waals surface area (Å²) in [6, 6.07) is 0. The van der Waals surface area contributed by atoms with E-state index in [0.717, 1.165) is 25.0 Å². The Balaban J connectivity index is 1.67. The standard InChI is InChI=1S/C10H14O/c11-6-2-1-3-9-7-10(9)8-4-5-8/h6,9H,1-5,7H2. The Bertz CT molecular complexity index is 197. The highest BCUT2D eigenvalue weighted by molar-refractivity contribution is 5.49. The van der Waals surface area contributed by atoms with E-state index >= 15 is 0 Å². The second-order valence-electron chi connectivity index (χ2n) is 3.63. The van der Waals surface area contributed by atoms with Gasteiger partial charge in [-0.1, -0.05) is 11.1 Å². The lowest BCUT2D eigenvalue weighted by Crippen LogP contribution is -1.79. The van der Waals surface area contributed by atoms with Gasteiger partial charge in [0.05, 0.1) is 0 Å². The zero-order chi connectivity index (χ0) is 7.68. The van der Waals surface area contributed by atoms with Gasteiger partial charge >= 0.3 is 0 Å². The topological polar surface area (TPSA) is 17.1 Å². The lowest BCUT2D eigenvalue weighted by Gasteiger charge is -1.89. The van der Waals surface area contributed by atoms with Gasteiger partial charge in [0.25, 0.3) is 0 Å². The van der Waals surface area contributed by atoms with Gasteiger partial charge in [0.1, 0.15) is 6.29 Å². The molecule has 0 aromatic heterocycles. The third-order valence-electron chi connectivity index (χ3n) is 2.63. The molecule has 0 amide bonds. The first kappa shape index (κ1) is 7.08. The van der Waals surface area contributed by atoms with Gasteiger partial charge in [-0.3, -0.25) is 0 Å². The van der Waals surface area contributed by atoms with Gasteiger partial charge in [0.2, 0.25) is 0 Å². The van der Waals surface area contributed by atoms with E-state index in [1.54, 1.807) is 11.1 Å². The summed E-state index contributed by atoms with van der Waals surface area (Å²) >= 11 is 0. The van der Waals surface area contributed by atoms with Gasteiger partial charge in [0, 0.05) is 6.42 Å². The van der Waals surface area contributed by atoms with Crippen LogP contribution >= 0.6 is 0 Å². The minimum atomic E-state index is 0.763. The van der Waals surface area contributed by atoms with Gasteiger partial charge in [-0.15, -0.1) is 0 Å². The molecule has 1 heteroatoms. The molecule has 2 aliphatic carbocycles. The summed E-state index contributed by atoms with van der Waals surface area (Å²) in [4.78, 5) is 10.0. The van der Waals surface area contributed by atoms with Gasteiger partial charge in [-0.05, 0) is 38.0 Å². The number of rotatable bonds is 4. The van der Waals surface area contributed by atoms with E-state index in [4.69, 9.17) is 0 Å². The zero-order valence-corrected chi connectivity index (χ0v) is 6.81. The lowest BCUT2D eigenvalue weighted by atomic mass is 10.2. The number of carbonyl (C=O) groups excluding carboxylic acids is 1. The van der Waals surface area contributed by atoms with Crippen LogP contribution in [0.1, 0.15) is 38.5 Å². The van der Waals surface area contributed by atoms with Crippen LogP contribution in [0.25, 0.3) is 0 Å². The smallest absolute Gasteiger partial charge is 0.119 e. The summed E-state index contributed by atoms with van der Waals surface area (Å²) in [5.41, 5.74) is 3.48. The molecule has 11 heavy (non-hydrogen) atoms. The van der Waals surface area contributed by atoms with Crippen LogP contribution in [0, 0.1) is 5.92 Å². The first-order valence-corrected chi connectivity index (χ1v) is 4.56. The highest BCUT2D eigenvalue weighted by Crippen LogP contribution is 2.50. The third kappa shape index (κ3) is 1.70. The molecule has 1 unspecified atom stereocenters. The summed E-state index contributed by atoms with van der Waals surface area (Å²) in [7, 11) is 0. The van der Waals surface area contributed by atoms with E-state index in [1.807, 2.05) is 0 Å². The Hall–Kier alpha value is -0.590. The van der Waals surface area contributed by atoms with Gasteiger partial charge in [-0.2, -0.15) is 0 Å². The molecule has 0 N–H and O–H groups in total.